The van der Waals surface area contributed by atoms with E-state index in [9.17, 15) is 4.79 Å². The fraction of sp³-hybridized carbons (Fsp3) is 0.250. The molecule has 0 saturated carbocycles. The lowest BCUT2D eigenvalue weighted by atomic mass is 9.94. The molecule has 4 rings (SSSR count). The van der Waals surface area contributed by atoms with Crippen LogP contribution in [0.4, 0.5) is 5.69 Å². The van der Waals surface area contributed by atoms with E-state index in [1.165, 1.54) is 11.1 Å². The number of carbonyl (C=O) groups excluding carboxylic acids is 1. The van der Waals surface area contributed by atoms with Crippen molar-refractivity contribution in [2.75, 3.05) is 31.9 Å². The number of benzene rings is 2. The van der Waals surface area contributed by atoms with Gasteiger partial charge in [-0.2, -0.15) is 0 Å². The molecule has 0 bridgehead atoms. The summed E-state index contributed by atoms with van der Waals surface area (Å²) >= 11 is 0. The van der Waals surface area contributed by atoms with Crippen LogP contribution in [0.1, 0.15) is 27.5 Å². The number of pyridine rings is 1. The molecule has 1 saturated heterocycles. The number of carbonyl (C=O) groups is 1. The Hall–Kier alpha value is -3.22. The molecule has 1 aromatic heterocycles. The Bertz CT molecular complexity index is 940. The minimum atomic E-state index is -0.0520. The number of nitrogen functional groups attached to an aromatic ring is 1. The van der Waals surface area contributed by atoms with Gasteiger partial charge in [-0.3, -0.25) is 14.7 Å². The Labute approximate surface area is 177 Å². The zero-order valence-corrected chi connectivity index (χ0v) is 16.9. The molecule has 0 radical (unpaired) electrons. The molecule has 3 aromatic rings. The second-order valence-corrected chi connectivity index (χ2v) is 7.61. The highest BCUT2D eigenvalue weighted by Gasteiger charge is 2.34. The van der Waals surface area contributed by atoms with E-state index in [1.807, 2.05) is 17.0 Å². The largest absolute Gasteiger partial charge is 0.397 e. The summed E-state index contributed by atoms with van der Waals surface area (Å²) in [6, 6.07) is 22.7. The number of rotatable bonds is 5. The van der Waals surface area contributed by atoms with Crippen LogP contribution in [-0.4, -0.2) is 52.9 Å². The summed E-state index contributed by atoms with van der Waals surface area (Å²) in [6.45, 7) is 2.40. The van der Waals surface area contributed by atoms with Gasteiger partial charge in [0.2, 0.25) is 0 Å². The van der Waals surface area contributed by atoms with Crippen LogP contribution in [0.2, 0.25) is 0 Å². The van der Waals surface area contributed by atoms with Crippen molar-refractivity contribution in [3.8, 4) is 0 Å². The summed E-state index contributed by atoms with van der Waals surface area (Å²) in [6.07, 6.45) is 3.11. The Kier molecular flexibility index (Phi) is 6.07. The molecule has 154 valence electrons. The van der Waals surface area contributed by atoms with Crippen molar-refractivity contribution in [3.63, 3.8) is 0 Å². The fourth-order valence-electron chi connectivity index (χ4n) is 4.21. The zero-order valence-electron chi connectivity index (χ0n) is 16.9. The molecule has 2 aromatic carbocycles. The smallest absolute Gasteiger partial charge is 0.255 e. The normalized spacial score (nSPS) is 17.3. The predicted octanol–water partition coefficient (Wildman–Crippen LogP) is 2.54. The lowest BCUT2D eigenvalue weighted by Crippen LogP contribution is -2.58. The van der Waals surface area contributed by atoms with Gasteiger partial charge in [-0.15, -0.1) is 0 Å². The second-order valence-electron chi connectivity index (χ2n) is 7.61. The van der Waals surface area contributed by atoms with E-state index in [0.717, 1.165) is 6.54 Å². The van der Waals surface area contributed by atoms with E-state index in [0.29, 0.717) is 30.9 Å². The van der Waals surface area contributed by atoms with Crippen LogP contribution in [0, 0.1) is 0 Å². The first-order valence-corrected chi connectivity index (χ1v) is 10.2. The van der Waals surface area contributed by atoms with Gasteiger partial charge < -0.3 is 16.4 Å². The number of nitrogens with two attached hydrogens (primary N) is 2. The van der Waals surface area contributed by atoms with Crippen LogP contribution in [-0.2, 0) is 0 Å². The Morgan fingerprint density at radius 2 is 1.63 bits per heavy atom. The van der Waals surface area contributed by atoms with Crippen LogP contribution < -0.4 is 11.5 Å². The molecule has 1 aliphatic heterocycles. The molecule has 6 nitrogen and oxygen atoms in total. The van der Waals surface area contributed by atoms with E-state index >= 15 is 0 Å². The van der Waals surface area contributed by atoms with E-state index in [1.54, 1.807) is 18.5 Å². The molecule has 1 atom stereocenters. The lowest BCUT2D eigenvalue weighted by molar-refractivity contribution is 0.0406. The van der Waals surface area contributed by atoms with Crippen molar-refractivity contribution >= 4 is 11.6 Å². The number of nitrogens with zero attached hydrogens (tertiary/aromatic N) is 3. The summed E-state index contributed by atoms with van der Waals surface area (Å²) in [5, 5.41) is 0. The monoisotopic (exact) mass is 401 g/mol. The molecule has 6 heteroatoms. The lowest BCUT2D eigenvalue weighted by Gasteiger charge is -2.45. The van der Waals surface area contributed by atoms with Gasteiger partial charge in [0, 0.05) is 44.6 Å². The molecule has 30 heavy (non-hydrogen) atoms. The van der Waals surface area contributed by atoms with Crippen LogP contribution in [0.3, 0.4) is 0 Å². The Balaban J connectivity index is 1.60. The molecule has 2 heterocycles. The van der Waals surface area contributed by atoms with Crippen molar-refractivity contribution in [1.82, 2.24) is 14.8 Å². The van der Waals surface area contributed by atoms with Gasteiger partial charge in [0.05, 0.1) is 17.3 Å². The average Bonchev–Trinajstić information content (AvgIpc) is 2.80. The summed E-state index contributed by atoms with van der Waals surface area (Å²) in [4.78, 5) is 21.3. The second kappa shape index (κ2) is 9.07. The van der Waals surface area contributed by atoms with Crippen molar-refractivity contribution in [2.24, 2.45) is 5.73 Å². The fourth-order valence-corrected chi connectivity index (χ4v) is 4.21. The van der Waals surface area contributed by atoms with Gasteiger partial charge in [-0.25, -0.2) is 0 Å². The van der Waals surface area contributed by atoms with Crippen LogP contribution in [0.25, 0.3) is 0 Å². The Morgan fingerprint density at radius 3 is 2.20 bits per heavy atom. The van der Waals surface area contributed by atoms with Crippen LogP contribution in [0.5, 0.6) is 0 Å². The average molecular weight is 402 g/mol. The van der Waals surface area contributed by atoms with E-state index in [-0.39, 0.29) is 18.0 Å². The third-order valence-electron chi connectivity index (χ3n) is 5.66. The third-order valence-corrected chi connectivity index (χ3v) is 5.66. The molecule has 1 amide bonds. The third kappa shape index (κ3) is 4.20. The number of aromatic nitrogens is 1. The molecule has 4 N–H and O–H groups in total. The topological polar surface area (TPSA) is 88.5 Å². The first-order chi connectivity index (χ1) is 14.7. The summed E-state index contributed by atoms with van der Waals surface area (Å²) in [7, 11) is 0. The van der Waals surface area contributed by atoms with Gasteiger partial charge in [-0.1, -0.05) is 60.7 Å². The highest BCUT2D eigenvalue weighted by molar-refractivity contribution is 5.94. The van der Waals surface area contributed by atoms with Gasteiger partial charge in [-0.05, 0) is 17.2 Å². The number of hydrogen-bond donors (Lipinski definition) is 2. The Morgan fingerprint density at radius 1 is 1.00 bits per heavy atom. The number of amides is 1. The van der Waals surface area contributed by atoms with Crippen molar-refractivity contribution in [3.05, 3.63) is 95.8 Å². The minimum Gasteiger partial charge on any atom is -0.397 e. The van der Waals surface area contributed by atoms with E-state index < -0.39 is 0 Å². The number of hydrogen-bond acceptors (Lipinski definition) is 5. The highest BCUT2D eigenvalue weighted by atomic mass is 16.2. The summed E-state index contributed by atoms with van der Waals surface area (Å²) in [5.74, 6) is -0.0520. The summed E-state index contributed by atoms with van der Waals surface area (Å²) in [5.41, 5.74) is 15.5. The predicted molar refractivity (Wildman–Crippen MR) is 119 cm³/mol. The standard InChI is InChI=1S/C24H27N5O/c25-14-22-17-28(24(30)20-13-21(26)16-27-15-20)11-12-29(22)23(18-7-3-1-4-8-18)19-9-5-2-6-10-19/h1-10,13,15-16,22-23H,11-12,14,17,25-26H2. The van der Waals surface area contributed by atoms with Crippen molar-refractivity contribution in [1.29, 1.82) is 0 Å². The molecule has 0 spiro atoms. The molecular weight excluding hydrogens is 374 g/mol. The van der Waals surface area contributed by atoms with Gasteiger partial charge in [0.25, 0.3) is 5.91 Å². The van der Waals surface area contributed by atoms with Crippen LogP contribution in [0.15, 0.2) is 79.1 Å². The zero-order chi connectivity index (χ0) is 20.9. The molecule has 1 fully saturated rings. The van der Waals surface area contributed by atoms with E-state index in [4.69, 9.17) is 11.5 Å². The SMILES string of the molecule is NCC1CN(C(=O)c2cncc(N)c2)CCN1C(c1ccccc1)c1ccccc1. The number of piperazine rings is 1. The van der Waals surface area contributed by atoms with E-state index in [2.05, 4.69) is 58.4 Å². The minimum absolute atomic E-state index is 0.0436. The van der Waals surface area contributed by atoms with Crippen molar-refractivity contribution < 1.29 is 4.79 Å². The molecular formula is C24H27N5O. The van der Waals surface area contributed by atoms with Gasteiger partial charge in [0.15, 0.2) is 0 Å². The first kappa shape index (κ1) is 20.1. The highest BCUT2D eigenvalue weighted by Crippen LogP contribution is 2.32. The van der Waals surface area contributed by atoms with Crippen LogP contribution >= 0.6 is 0 Å². The van der Waals surface area contributed by atoms with Crippen molar-refractivity contribution in [2.45, 2.75) is 12.1 Å². The maximum absolute atomic E-state index is 13.0. The molecule has 1 aliphatic rings. The number of anilines is 1. The molecule has 0 aliphatic carbocycles. The summed E-state index contributed by atoms with van der Waals surface area (Å²) < 4.78 is 0. The maximum Gasteiger partial charge on any atom is 0.255 e. The molecule has 1 unspecified atom stereocenters. The van der Waals surface area contributed by atoms with Gasteiger partial charge in [0.1, 0.15) is 0 Å². The quantitative estimate of drug-likeness (QED) is 0.686. The first-order valence-electron chi connectivity index (χ1n) is 10.2. The maximum atomic E-state index is 13.0. The van der Waals surface area contributed by atoms with Gasteiger partial charge >= 0.3 is 0 Å².